The van der Waals surface area contributed by atoms with Crippen LogP contribution in [0.5, 0.6) is 11.5 Å². The minimum atomic E-state index is 0.702. The fourth-order valence-electron chi connectivity index (χ4n) is 6.58. The van der Waals surface area contributed by atoms with Gasteiger partial charge in [-0.05, 0) is 99.3 Å². The molecule has 0 aliphatic heterocycles. The average Bonchev–Trinajstić information content (AvgIpc) is 3.02. The first-order valence-electron chi connectivity index (χ1n) is 15.5. The second-order valence-electron chi connectivity index (χ2n) is 12.5. The van der Waals surface area contributed by atoms with E-state index in [1.165, 1.54) is 11.1 Å². The maximum absolute atomic E-state index is 4.91. The van der Waals surface area contributed by atoms with Crippen LogP contribution in [0.3, 0.4) is 0 Å². The van der Waals surface area contributed by atoms with Crippen molar-refractivity contribution < 1.29 is 9.47 Å². The predicted octanol–water partition coefficient (Wildman–Crippen LogP) is 10.8. The standard InChI is InChI=1S/C12H20.2C7H8O.2C7H8/c1-12(2)10-4-8-3-9(6-10)7-11(12)5-8;2*1-8-7-5-3-2-4-6-7;2*1-7-5-3-2-4-6-7/h8-11H,3-7H2,1-2H3;2*2-6H,1H3;2*2-6H,1H3. The SMILES string of the molecule is CC1(C)C2CC3CC(C2)CC1C3.COc1ccccc1.COc1ccccc1.Cc1ccccc1.Cc1ccccc1. The van der Waals surface area contributed by atoms with E-state index < -0.39 is 0 Å². The van der Waals surface area contributed by atoms with Gasteiger partial charge in [-0.1, -0.05) is 122 Å². The molecule has 0 unspecified atom stereocenters. The Hall–Kier alpha value is -3.52. The van der Waals surface area contributed by atoms with Crippen molar-refractivity contribution in [2.45, 2.75) is 59.8 Å². The van der Waals surface area contributed by atoms with E-state index in [9.17, 15) is 0 Å². The number of methoxy groups -OCH3 is 2. The Labute approximate surface area is 256 Å². The lowest BCUT2D eigenvalue weighted by molar-refractivity contribution is -0.0876. The summed E-state index contributed by atoms with van der Waals surface area (Å²) in [6, 6.07) is 39.9. The number of benzene rings is 4. The quantitative estimate of drug-likeness (QED) is 0.241. The predicted molar refractivity (Wildman–Crippen MR) is 179 cm³/mol. The second kappa shape index (κ2) is 17.4. The van der Waals surface area contributed by atoms with E-state index in [4.69, 9.17) is 9.47 Å². The van der Waals surface area contributed by atoms with E-state index in [0.717, 1.165) is 35.2 Å². The summed E-state index contributed by atoms with van der Waals surface area (Å²) in [5, 5.41) is 0. The molecule has 0 saturated heterocycles. The van der Waals surface area contributed by atoms with E-state index in [2.05, 4.69) is 52.0 Å². The van der Waals surface area contributed by atoms with E-state index >= 15 is 0 Å². The molecule has 0 heterocycles. The molecule has 4 fully saturated rings. The van der Waals surface area contributed by atoms with E-state index in [1.54, 1.807) is 46.3 Å². The first-order valence-corrected chi connectivity index (χ1v) is 15.5. The molecule has 4 saturated carbocycles. The van der Waals surface area contributed by atoms with Crippen LogP contribution >= 0.6 is 0 Å². The van der Waals surface area contributed by atoms with Crippen molar-refractivity contribution in [2.24, 2.45) is 29.1 Å². The van der Waals surface area contributed by atoms with Gasteiger partial charge < -0.3 is 9.47 Å². The number of aryl methyl sites for hydroxylation is 2. The van der Waals surface area contributed by atoms with Crippen molar-refractivity contribution in [1.29, 1.82) is 0 Å². The van der Waals surface area contributed by atoms with Gasteiger partial charge in [0.2, 0.25) is 0 Å². The zero-order chi connectivity index (χ0) is 30.2. The largest absolute Gasteiger partial charge is 0.497 e. The average molecular weight is 565 g/mol. The number of para-hydroxylation sites is 2. The minimum Gasteiger partial charge on any atom is -0.497 e. The first kappa shape index (κ1) is 33.0. The molecule has 42 heavy (non-hydrogen) atoms. The van der Waals surface area contributed by atoms with Crippen molar-refractivity contribution in [3.63, 3.8) is 0 Å². The van der Waals surface area contributed by atoms with Gasteiger partial charge in [-0.25, -0.2) is 0 Å². The zero-order valence-corrected chi connectivity index (χ0v) is 26.7. The van der Waals surface area contributed by atoms with Crippen LogP contribution in [0.15, 0.2) is 121 Å². The monoisotopic (exact) mass is 564 g/mol. The van der Waals surface area contributed by atoms with Gasteiger partial charge in [0.25, 0.3) is 0 Å². The van der Waals surface area contributed by atoms with Crippen LogP contribution in [0.4, 0.5) is 0 Å². The molecule has 2 nitrogen and oxygen atoms in total. The van der Waals surface area contributed by atoms with Crippen LogP contribution in [-0.2, 0) is 0 Å². The summed E-state index contributed by atoms with van der Waals surface area (Å²) in [5.74, 6) is 6.28. The Morgan fingerprint density at radius 1 is 0.452 bits per heavy atom. The van der Waals surface area contributed by atoms with Gasteiger partial charge in [0.05, 0.1) is 14.2 Å². The zero-order valence-electron chi connectivity index (χ0n) is 26.7. The molecule has 8 rings (SSSR count). The molecule has 0 amide bonds. The Bertz CT molecular complexity index is 1110. The normalized spacial score (nSPS) is 21.8. The van der Waals surface area contributed by atoms with Crippen molar-refractivity contribution in [1.82, 2.24) is 0 Å². The Morgan fingerprint density at radius 2 is 0.738 bits per heavy atom. The van der Waals surface area contributed by atoms with Crippen molar-refractivity contribution in [3.8, 4) is 11.5 Å². The van der Waals surface area contributed by atoms with Crippen molar-refractivity contribution >= 4 is 0 Å². The van der Waals surface area contributed by atoms with Crippen LogP contribution in [-0.4, -0.2) is 14.2 Å². The Morgan fingerprint density at radius 3 is 0.952 bits per heavy atom. The molecule has 4 bridgehead atoms. The Kier molecular flexibility index (Phi) is 13.7. The van der Waals surface area contributed by atoms with Crippen molar-refractivity contribution in [3.05, 3.63) is 132 Å². The van der Waals surface area contributed by atoms with Gasteiger partial charge in [-0.3, -0.25) is 0 Å². The molecule has 4 aliphatic rings. The summed E-state index contributed by atoms with van der Waals surface area (Å²) in [6.45, 7) is 9.22. The van der Waals surface area contributed by atoms with Gasteiger partial charge in [-0.2, -0.15) is 0 Å². The summed E-state index contributed by atoms with van der Waals surface area (Å²) < 4.78 is 9.83. The van der Waals surface area contributed by atoms with Gasteiger partial charge >= 0.3 is 0 Å². The lowest BCUT2D eigenvalue weighted by Gasteiger charge is -2.59. The Balaban J connectivity index is 0.000000147. The van der Waals surface area contributed by atoms with Crippen LogP contribution < -0.4 is 9.47 Å². The molecule has 0 spiro atoms. The lowest BCUT2D eigenvalue weighted by Crippen LogP contribution is -2.49. The third-order valence-electron chi connectivity index (χ3n) is 9.08. The van der Waals surface area contributed by atoms with Crippen LogP contribution in [0.1, 0.15) is 57.1 Å². The molecule has 4 aromatic carbocycles. The fraction of sp³-hybridized carbons (Fsp3) is 0.400. The van der Waals surface area contributed by atoms with Crippen LogP contribution in [0, 0.1) is 42.9 Å². The van der Waals surface area contributed by atoms with Gasteiger partial charge in [0.1, 0.15) is 11.5 Å². The molecular weight excluding hydrogens is 512 g/mol. The number of hydrogen-bond acceptors (Lipinski definition) is 2. The summed E-state index contributed by atoms with van der Waals surface area (Å²) in [4.78, 5) is 0. The summed E-state index contributed by atoms with van der Waals surface area (Å²) in [6.07, 6.45) is 7.86. The number of ether oxygens (including phenoxy) is 2. The topological polar surface area (TPSA) is 18.5 Å². The van der Waals surface area contributed by atoms with E-state index in [-0.39, 0.29) is 0 Å². The maximum Gasteiger partial charge on any atom is 0.118 e. The minimum absolute atomic E-state index is 0.702. The fourth-order valence-corrected chi connectivity index (χ4v) is 6.58. The van der Waals surface area contributed by atoms with E-state index in [0.29, 0.717) is 5.41 Å². The van der Waals surface area contributed by atoms with Gasteiger partial charge in [0, 0.05) is 0 Å². The molecule has 0 atom stereocenters. The molecule has 2 heteroatoms. The molecule has 4 aliphatic carbocycles. The summed E-state index contributed by atoms with van der Waals surface area (Å²) in [5.41, 5.74) is 3.35. The molecule has 4 aromatic rings. The highest BCUT2D eigenvalue weighted by molar-refractivity contribution is 5.21. The first-order chi connectivity index (χ1) is 20.3. The van der Waals surface area contributed by atoms with Gasteiger partial charge in [-0.15, -0.1) is 0 Å². The van der Waals surface area contributed by atoms with Crippen LogP contribution in [0.2, 0.25) is 0 Å². The molecule has 0 radical (unpaired) electrons. The smallest absolute Gasteiger partial charge is 0.118 e. The highest BCUT2D eigenvalue weighted by Gasteiger charge is 2.52. The van der Waals surface area contributed by atoms with E-state index in [1.807, 2.05) is 97.1 Å². The maximum atomic E-state index is 4.91. The highest BCUT2D eigenvalue weighted by atomic mass is 16.5. The highest BCUT2D eigenvalue weighted by Crippen LogP contribution is 2.61. The lowest BCUT2D eigenvalue weighted by atomic mass is 9.46. The number of rotatable bonds is 2. The van der Waals surface area contributed by atoms with Gasteiger partial charge in [0.15, 0.2) is 0 Å². The molecule has 0 aromatic heterocycles. The summed E-state index contributed by atoms with van der Waals surface area (Å²) in [7, 11) is 3.32. The van der Waals surface area contributed by atoms with Crippen LogP contribution in [0.25, 0.3) is 0 Å². The summed E-state index contributed by atoms with van der Waals surface area (Å²) >= 11 is 0. The number of hydrogen-bond donors (Lipinski definition) is 0. The molecule has 0 N–H and O–H groups in total. The van der Waals surface area contributed by atoms with Crippen molar-refractivity contribution in [2.75, 3.05) is 14.2 Å². The third-order valence-corrected chi connectivity index (χ3v) is 9.08. The molecular formula is C40H52O2. The third kappa shape index (κ3) is 11.0. The second-order valence-corrected chi connectivity index (χ2v) is 12.5. The molecule has 224 valence electrons.